The lowest BCUT2D eigenvalue weighted by molar-refractivity contribution is -0.151. The summed E-state index contributed by atoms with van der Waals surface area (Å²) in [6.45, 7) is 22.5. The first-order chi connectivity index (χ1) is 46.4. The lowest BCUT2D eigenvalue weighted by Gasteiger charge is -2.37. The Morgan fingerprint density at radius 1 is 0.515 bits per heavy atom. The normalized spacial score (nSPS) is 24.9. The highest BCUT2D eigenvalue weighted by Crippen LogP contribution is 2.22. The fourth-order valence-corrected chi connectivity index (χ4v) is 11.9. The second kappa shape index (κ2) is 39.1. The molecule has 2 fully saturated rings. The zero-order valence-electron chi connectivity index (χ0n) is 62.3. The van der Waals surface area contributed by atoms with Gasteiger partial charge in [0.2, 0.25) is 70.9 Å². The third-order valence-corrected chi connectivity index (χ3v) is 18.2. The molecule has 2 aliphatic heterocycles. The Morgan fingerprint density at radius 2 is 0.970 bits per heavy atom. The van der Waals surface area contributed by atoms with Crippen molar-refractivity contribution in [1.29, 1.82) is 0 Å². The minimum absolute atomic E-state index is 0.0410. The quantitative estimate of drug-likeness (QED) is 0.142. The number of likely N-dealkylation sites (tertiary alicyclic amines) is 1. The highest BCUT2D eigenvalue weighted by atomic mass is 16.5. The van der Waals surface area contributed by atoms with E-state index in [9.17, 15) is 33.6 Å². The first-order valence-corrected chi connectivity index (χ1v) is 35.1. The van der Waals surface area contributed by atoms with Gasteiger partial charge < -0.3 is 70.4 Å². The minimum Gasteiger partial charge on any atom is -0.379 e. The fourth-order valence-electron chi connectivity index (χ4n) is 11.9. The fraction of sp³-hybridized carbons (Fsp3) is 0.671. The maximum atomic E-state index is 15.3. The first-order valence-electron chi connectivity index (χ1n) is 35.1. The van der Waals surface area contributed by atoms with Crippen molar-refractivity contribution in [3.63, 3.8) is 0 Å². The maximum Gasteiger partial charge on any atom is 0.247 e. The summed E-state index contributed by atoms with van der Waals surface area (Å²) >= 11 is 0. The molecule has 0 aliphatic carbocycles. The molecule has 4 rings (SSSR count). The molecule has 12 amide bonds. The van der Waals surface area contributed by atoms with Gasteiger partial charge in [-0.1, -0.05) is 123 Å². The SMILES string of the molecule is CCCOC[C@@H]1NC(=O)[C@H](CC(C)C)N(C)C(=O)[C@H](C(C)C)NC(=O)[C@H](Cc2ccccc2)N(C)C(=O)[C@@H](C(C)C)NC(=O)C[C@@H](C(=O)N2CCCCC2)NC(=O)[C@H](C)N(C)C(=O)[C@H](Cc2ccccc2)N(C)C(=O)[C@H](COC(C)(C)C)NC(=O)[C@H](CC(C)C)N(C)C(=O)CN(C)C1=O. The number of ether oxygens (including phenoxy) is 2. The molecule has 0 radical (unpaired) electrons. The molecule has 2 aliphatic rings. The summed E-state index contributed by atoms with van der Waals surface area (Å²) in [6.07, 6.45) is 2.21. The molecule has 26 nitrogen and oxygen atoms in total. The number of hydrogen-bond donors (Lipinski definition) is 5. The van der Waals surface area contributed by atoms with Crippen LogP contribution in [-0.4, -0.2) is 253 Å². The molecule has 10 atom stereocenters. The van der Waals surface area contributed by atoms with E-state index in [0.29, 0.717) is 43.5 Å². The van der Waals surface area contributed by atoms with Crippen molar-refractivity contribution in [2.24, 2.45) is 23.7 Å². The van der Waals surface area contributed by atoms with Gasteiger partial charge >= 0.3 is 0 Å². The number of nitrogens with zero attached hydrogens (tertiary/aromatic N) is 7. The van der Waals surface area contributed by atoms with Crippen LogP contribution in [0.5, 0.6) is 0 Å². The standard InChI is InChI=1S/C73H116N12O14/c1-20-36-98-43-53-67(92)79(14)42-60(87)81(16)55(37-45(2)3)64(89)76-54(44-99-73(11,12)13)68(93)84(19)58(40-51-32-26-22-27-33-51)70(95)80(15)49(10)63(88)74-52(69(94)85-34-28-23-29-35-85)41-59(86)77-61(47(6)7)71(96)83(18)57(39-50-30-24-21-25-31-50)66(91)78-62(48(8)9)72(97)82(17)56(38-46(4)5)65(90)75-53/h21-22,24-27,30-33,45-49,52-58,61-62H,20,23,28-29,34-44H2,1-19H3,(H,74,88)(H,75,90)(H,76,89)(H,77,86)(H,78,91)/t49-,52-,53-,54-,55-,56-,57-,58-,61+,62-/m0/s1. The average Bonchev–Trinajstić information content (AvgIpc) is 0.856. The average molecular weight is 1390 g/mol. The molecule has 2 aromatic rings. The third kappa shape index (κ3) is 25.0. The summed E-state index contributed by atoms with van der Waals surface area (Å²) in [5.74, 6) is -10.2. The van der Waals surface area contributed by atoms with Gasteiger partial charge in [0.15, 0.2) is 0 Å². The van der Waals surface area contributed by atoms with Crippen molar-refractivity contribution in [3.05, 3.63) is 71.8 Å². The first kappa shape index (κ1) is 83.4. The molecule has 26 heteroatoms. The number of carbonyl (C=O) groups is 12. The molecule has 5 N–H and O–H groups in total. The predicted octanol–water partition coefficient (Wildman–Crippen LogP) is 3.57. The Balaban J connectivity index is 1.95. The third-order valence-electron chi connectivity index (χ3n) is 18.2. The molecule has 0 unspecified atom stereocenters. The molecule has 0 spiro atoms. The van der Waals surface area contributed by atoms with Crippen molar-refractivity contribution in [2.75, 3.05) is 81.7 Å². The van der Waals surface area contributed by atoms with E-state index < -0.39 is 162 Å². The second-order valence-electron chi connectivity index (χ2n) is 29.2. The zero-order valence-corrected chi connectivity index (χ0v) is 62.3. The summed E-state index contributed by atoms with van der Waals surface area (Å²) in [7, 11) is 8.40. The topological polar surface area (TPSA) is 306 Å². The van der Waals surface area contributed by atoms with Crippen LogP contribution < -0.4 is 26.6 Å². The predicted molar refractivity (Wildman–Crippen MR) is 376 cm³/mol. The number of likely N-dealkylation sites (N-methyl/N-ethyl adjacent to an activating group) is 6. The van der Waals surface area contributed by atoms with Gasteiger partial charge in [0, 0.05) is 74.8 Å². The number of piperidine rings is 1. The van der Waals surface area contributed by atoms with Crippen LogP contribution in [0.1, 0.15) is 146 Å². The molecular weight excluding hydrogens is 1270 g/mol. The molecule has 0 bridgehead atoms. The molecule has 99 heavy (non-hydrogen) atoms. The molecule has 2 saturated heterocycles. The molecular formula is C73H116N12O14. The molecule has 0 saturated carbocycles. The Kier molecular flexibility index (Phi) is 33.0. The Bertz CT molecular complexity index is 3050. The largest absolute Gasteiger partial charge is 0.379 e. The lowest BCUT2D eigenvalue weighted by atomic mass is 9.96. The van der Waals surface area contributed by atoms with Crippen molar-refractivity contribution >= 4 is 70.9 Å². The molecule has 552 valence electrons. The number of benzene rings is 2. The summed E-state index contributed by atoms with van der Waals surface area (Å²) in [5, 5.41) is 14.1. The highest BCUT2D eigenvalue weighted by molar-refractivity contribution is 6.00. The van der Waals surface area contributed by atoms with E-state index in [0.717, 1.165) is 16.2 Å². The minimum atomic E-state index is -1.49. The van der Waals surface area contributed by atoms with Gasteiger partial charge in [-0.15, -0.1) is 0 Å². The van der Waals surface area contributed by atoms with E-state index in [-0.39, 0.29) is 57.3 Å². The van der Waals surface area contributed by atoms with Crippen LogP contribution in [0.25, 0.3) is 0 Å². The van der Waals surface area contributed by atoms with Crippen LogP contribution in [-0.2, 0) is 79.8 Å². The summed E-state index contributed by atoms with van der Waals surface area (Å²) in [5.41, 5.74) is 0.451. The highest BCUT2D eigenvalue weighted by Gasteiger charge is 2.43. The van der Waals surface area contributed by atoms with Gasteiger partial charge in [-0.3, -0.25) is 57.5 Å². The number of hydrogen-bond acceptors (Lipinski definition) is 14. The van der Waals surface area contributed by atoms with Crippen molar-refractivity contribution in [1.82, 2.24) is 60.9 Å². The van der Waals surface area contributed by atoms with Crippen LogP contribution in [0.3, 0.4) is 0 Å². The van der Waals surface area contributed by atoms with E-state index in [4.69, 9.17) is 9.47 Å². The Labute approximate surface area is 587 Å². The van der Waals surface area contributed by atoms with E-state index in [1.54, 1.807) is 114 Å². The van der Waals surface area contributed by atoms with Gasteiger partial charge in [-0.2, -0.15) is 0 Å². The summed E-state index contributed by atoms with van der Waals surface area (Å²) in [6, 6.07) is 4.42. The number of carbonyl (C=O) groups excluding carboxylic acids is 12. The van der Waals surface area contributed by atoms with Crippen LogP contribution in [0.4, 0.5) is 0 Å². The molecule has 0 aromatic heterocycles. The number of amides is 12. The van der Waals surface area contributed by atoms with Gasteiger partial charge in [0.25, 0.3) is 0 Å². The van der Waals surface area contributed by atoms with Crippen molar-refractivity contribution in [2.45, 2.75) is 214 Å². The summed E-state index contributed by atoms with van der Waals surface area (Å²) in [4.78, 5) is 187. The van der Waals surface area contributed by atoms with Crippen LogP contribution in [0, 0.1) is 23.7 Å². The monoisotopic (exact) mass is 1380 g/mol. The van der Waals surface area contributed by atoms with Crippen molar-refractivity contribution < 1.29 is 67.0 Å². The number of rotatable bonds is 17. The van der Waals surface area contributed by atoms with Gasteiger partial charge in [0.1, 0.15) is 60.4 Å². The van der Waals surface area contributed by atoms with Gasteiger partial charge in [-0.25, -0.2) is 0 Å². The Morgan fingerprint density at radius 3 is 1.45 bits per heavy atom. The maximum absolute atomic E-state index is 15.3. The van der Waals surface area contributed by atoms with Crippen LogP contribution in [0.15, 0.2) is 60.7 Å². The van der Waals surface area contributed by atoms with E-state index in [1.807, 2.05) is 34.6 Å². The van der Waals surface area contributed by atoms with Gasteiger partial charge in [0.05, 0.1) is 31.8 Å². The second-order valence-corrected chi connectivity index (χ2v) is 29.2. The molecule has 2 aromatic carbocycles. The van der Waals surface area contributed by atoms with E-state index in [1.165, 1.54) is 68.8 Å². The van der Waals surface area contributed by atoms with E-state index >= 15 is 24.0 Å². The van der Waals surface area contributed by atoms with Gasteiger partial charge in [-0.05, 0) is 101 Å². The van der Waals surface area contributed by atoms with E-state index in [2.05, 4.69) is 26.6 Å². The Hall–Kier alpha value is -8.00. The van der Waals surface area contributed by atoms with Crippen LogP contribution >= 0.6 is 0 Å². The summed E-state index contributed by atoms with van der Waals surface area (Å²) < 4.78 is 12.1. The van der Waals surface area contributed by atoms with Crippen molar-refractivity contribution in [3.8, 4) is 0 Å². The molecule has 2 heterocycles. The smallest absolute Gasteiger partial charge is 0.247 e. The lowest BCUT2D eigenvalue weighted by Crippen LogP contribution is -2.62. The number of nitrogens with one attached hydrogen (secondary N) is 5. The zero-order chi connectivity index (χ0) is 74.3. The van der Waals surface area contributed by atoms with Crippen LogP contribution in [0.2, 0.25) is 0 Å².